The van der Waals surface area contributed by atoms with Gasteiger partial charge < -0.3 is 15.4 Å². The highest BCUT2D eigenvalue weighted by molar-refractivity contribution is 14.0. The number of aliphatic imine (C=N–C) groups is 1. The smallest absolute Gasteiger partial charge is 0.373 e. The molecule has 8 heteroatoms. The van der Waals surface area contributed by atoms with Crippen molar-refractivity contribution >= 4 is 29.9 Å². The first-order chi connectivity index (χ1) is 9.98. The molecule has 0 spiro atoms. The molecule has 0 aromatic heterocycles. The SMILES string of the molecule is CCNC(=NCCCCC(F)(F)F)NC1CC2CCC1O2.I. The van der Waals surface area contributed by atoms with Gasteiger partial charge in [-0.25, -0.2) is 0 Å². The molecular weight excluding hydrogens is 410 g/mol. The number of hydrogen-bond donors (Lipinski definition) is 2. The van der Waals surface area contributed by atoms with Gasteiger partial charge in [-0.05, 0) is 39.0 Å². The summed E-state index contributed by atoms with van der Waals surface area (Å²) in [6.45, 7) is 3.11. The molecule has 0 aromatic rings. The molecule has 2 rings (SSSR count). The minimum atomic E-state index is -4.06. The summed E-state index contributed by atoms with van der Waals surface area (Å²) in [7, 11) is 0. The number of halogens is 4. The highest BCUT2D eigenvalue weighted by Gasteiger charge is 2.41. The average Bonchev–Trinajstić information content (AvgIpc) is 2.99. The van der Waals surface area contributed by atoms with Crippen molar-refractivity contribution in [2.45, 2.75) is 69.9 Å². The van der Waals surface area contributed by atoms with Gasteiger partial charge in [0.15, 0.2) is 5.96 Å². The minimum absolute atomic E-state index is 0. The van der Waals surface area contributed by atoms with Gasteiger partial charge in [-0.3, -0.25) is 4.99 Å². The van der Waals surface area contributed by atoms with E-state index in [0.717, 1.165) is 25.8 Å². The minimum Gasteiger partial charge on any atom is -0.373 e. The second-order valence-electron chi connectivity index (χ2n) is 5.69. The molecular formula is C14H25F3IN3O. The van der Waals surface area contributed by atoms with Gasteiger partial charge in [0.25, 0.3) is 0 Å². The fourth-order valence-corrected chi connectivity index (χ4v) is 2.91. The molecule has 2 saturated heterocycles. The Morgan fingerprint density at radius 2 is 2.05 bits per heavy atom. The molecule has 0 aromatic carbocycles. The normalized spacial score (nSPS) is 27.6. The Hall–Kier alpha value is -0.250. The number of rotatable bonds is 6. The highest BCUT2D eigenvalue weighted by atomic mass is 127. The Morgan fingerprint density at radius 1 is 1.27 bits per heavy atom. The topological polar surface area (TPSA) is 45.7 Å². The van der Waals surface area contributed by atoms with E-state index in [1.165, 1.54) is 0 Å². The Bertz CT molecular complexity index is 366. The van der Waals surface area contributed by atoms with Crippen LogP contribution >= 0.6 is 24.0 Å². The van der Waals surface area contributed by atoms with Crippen LogP contribution in [-0.2, 0) is 4.74 Å². The molecule has 0 amide bonds. The van der Waals surface area contributed by atoms with Crippen molar-refractivity contribution in [1.82, 2.24) is 10.6 Å². The van der Waals surface area contributed by atoms with Crippen LogP contribution in [-0.4, -0.2) is 43.5 Å². The summed E-state index contributed by atoms with van der Waals surface area (Å²) in [6, 6.07) is 0.275. The van der Waals surface area contributed by atoms with Crippen LogP contribution in [0.5, 0.6) is 0 Å². The molecule has 4 nitrogen and oxygen atoms in total. The van der Waals surface area contributed by atoms with Gasteiger partial charge >= 0.3 is 6.18 Å². The average molecular weight is 435 g/mol. The first-order valence-electron chi connectivity index (χ1n) is 7.75. The molecule has 22 heavy (non-hydrogen) atoms. The molecule has 2 aliphatic heterocycles. The van der Waals surface area contributed by atoms with Crippen molar-refractivity contribution in [1.29, 1.82) is 0 Å². The molecule has 2 N–H and O–H groups in total. The van der Waals surface area contributed by atoms with Gasteiger partial charge in [-0.2, -0.15) is 13.2 Å². The van der Waals surface area contributed by atoms with E-state index in [9.17, 15) is 13.2 Å². The number of nitrogens with one attached hydrogen (secondary N) is 2. The molecule has 0 saturated carbocycles. The van der Waals surface area contributed by atoms with E-state index in [2.05, 4.69) is 15.6 Å². The van der Waals surface area contributed by atoms with Crippen LogP contribution < -0.4 is 10.6 Å². The van der Waals surface area contributed by atoms with Crippen LogP contribution in [0.1, 0.15) is 45.4 Å². The highest BCUT2D eigenvalue weighted by Crippen LogP contribution is 2.34. The van der Waals surface area contributed by atoms with E-state index < -0.39 is 12.6 Å². The van der Waals surface area contributed by atoms with E-state index >= 15 is 0 Å². The van der Waals surface area contributed by atoms with Crippen molar-refractivity contribution in [3.05, 3.63) is 0 Å². The summed E-state index contributed by atoms with van der Waals surface area (Å²) >= 11 is 0. The first kappa shape index (κ1) is 19.8. The lowest BCUT2D eigenvalue weighted by atomic mass is 9.96. The molecule has 3 unspecified atom stereocenters. The van der Waals surface area contributed by atoms with Crippen molar-refractivity contribution < 1.29 is 17.9 Å². The fraction of sp³-hybridized carbons (Fsp3) is 0.929. The van der Waals surface area contributed by atoms with Crippen LogP contribution in [0.2, 0.25) is 0 Å². The maximum Gasteiger partial charge on any atom is 0.389 e. The third-order valence-corrected chi connectivity index (χ3v) is 3.91. The van der Waals surface area contributed by atoms with E-state index in [-0.39, 0.29) is 42.5 Å². The lowest BCUT2D eigenvalue weighted by molar-refractivity contribution is -0.135. The summed E-state index contributed by atoms with van der Waals surface area (Å²) in [5.41, 5.74) is 0. The number of fused-ring (bicyclic) bond motifs is 2. The van der Waals surface area contributed by atoms with E-state index in [1.54, 1.807) is 0 Å². The molecule has 0 aliphatic carbocycles. The summed E-state index contributed by atoms with van der Waals surface area (Å²) < 4.78 is 41.9. The van der Waals surface area contributed by atoms with E-state index in [4.69, 9.17) is 4.74 Å². The van der Waals surface area contributed by atoms with Crippen LogP contribution in [0, 0.1) is 0 Å². The van der Waals surface area contributed by atoms with Crippen LogP contribution in [0.3, 0.4) is 0 Å². The molecule has 2 bridgehead atoms. The molecule has 2 aliphatic rings. The number of unbranched alkanes of at least 4 members (excludes halogenated alkanes) is 1. The molecule has 2 heterocycles. The number of hydrogen-bond acceptors (Lipinski definition) is 2. The summed E-state index contributed by atoms with van der Waals surface area (Å²) in [5, 5.41) is 6.48. The van der Waals surface area contributed by atoms with Crippen molar-refractivity contribution in [3.8, 4) is 0 Å². The van der Waals surface area contributed by atoms with E-state index in [0.29, 0.717) is 25.0 Å². The van der Waals surface area contributed by atoms with Crippen LogP contribution in [0.15, 0.2) is 4.99 Å². The number of nitrogens with zero attached hydrogens (tertiary/aromatic N) is 1. The van der Waals surface area contributed by atoms with Gasteiger partial charge in [0, 0.05) is 19.5 Å². The predicted octanol–water partition coefficient (Wildman–Crippen LogP) is 3.21. The van der Waals surface area contributed by atoms with Crippen molar-refractivity contribution in [3.63, 3.8) is 0 Å². The Kier molecular flexibility index (Phi) is 8.23. The molecule has 2 fully saturated rings. The fourth-order valence-electron chi connectivity index (χ4n) is 2.91. The van der Waals surface area contributed by atoms with E-state index in [1.807, 2.05) is 6.92 Å². The summed E-state index contributed by atoms with van der Waals surface area (Å²) in [5.74, 6) is 0.686. The van der Waals surface area contributed by atoms with Gasteiger partial charge in [-0.1, -0.05) is 0 Å². The zero-order valence-corrected chi connectivity index (χ0v) is 15.1. The largest absolute Gasteiger partial charge is 0.389 e. The standard InChI is InChI=1S/C14H24F3N3O.HI/c1-2-18-13(19-8-4-3-7-14(15,16)17)20-11-9-10-5-6-12(11)21-10;/h10-12H,2-9H2,1H3,(H2,18,19,20);1H. The van der Waals surface area contributed by atoms with Crippen molar-refractivity contribution in [2.24, 2.45) is 4.99 Å². The third kappa shape index (κ3) is 6.47. The predicted molar refractivity (Wildman–Crippen MR) is 90.7 cm³/mol. The molecule has 3 atom stereocenters. The Labute approximate surface area is 146 Å². The second-order valence-corrected chi connectivity index (χ2v) is 5.69. The van der Waals surface area contributed by atoms with Gasteiger partial charge in [-0.15, -0.1) is 24.0 Å². The maximum absolute atomic E-state index is 12.0. The zero-order valence-electron chi connectivity index (χ0n) is 12.8. The first-order valence-corrected chi connectivity index (χ1v) is 7.75. The third-order valence-electron chi connectivity index (χ3n) is 3.91. The lowest BCUT2D eigenvalue weighted by Crippen LogP contribution is -2.47. The lowest BCUT2D eigenvalue weighted by Gasteiger charge is -2.22. The van der Waals surface area contributed by atoms with Crippen LogP contribution in [0.25, 0.3) is 0 Å². The zero-order chi connectivity index (χ0) is 15.3. The monoisotopic (exact) mass is 435 g/mol. The Balaban J connectivity index is 0.00000242. The van der Waals surface area contributed by atoms with Crippen LogP contribution in [0.4, 0.5) is 13.2 Å². The number of guanidine groups is 1. The molecule has 0 radical (unpaired) electrons. The van der Waals surface area contributed by atoms with Crippen molar-refractivity contribution in [2.75, 3.05) is 13.1 Å². The molecule has 130 valence electrons. The van der Waals surface area contributed by atoms with Gasteiger partial charge in [0.05, 0.1) is 18.2 Å². The quantitative estimate of drug-likeness (QED) is 0.292. The Morgan fingerprint density at radius 3 is 2.59 bits per heavy atom. The summed E-state index contributed by atoms with van der Waals surface area (Å²) in [4.78, 5) is 4.35. The summed E-state index contributed by atoms with van der Waals surface area (Å²) in [6.07, 6.45) is -0.400. The number of alkyl halides is 3. The second kappa shape index (κ2) is 9.14. The van der Waals surface area contributed by atoms with Gasteiger partial charge in [0.2, 0.25) is 0 Å². The van der Waals surface area contributed by atoms with Gasteiger partial charge in [0.1, 0.15) is 0 Å². The number of ether oxygens (including phenoxy) is 1. The maximum atomic E-state index is 12.0.